The first-order valence-electron chi connectivity index (χ1n) is 10.6. The number of carbonyl (C=O) groups excluding carboxylic acids is 2. The van der Waals surface area contributed by atoms with Crippen LogP contribution in [-0.4, -0.2) is 59.2 Å². The standard InChI is InChI=1S/C22H21Cl2N5O5S/c1-3-25-21(30)15-8-13(23)7-12(2)19(15)27-22(31)17-9-18(34-14-10-35(32,33)11-14)28-29(17)20-16(24)5-4-6-26-20/h4-9,14H,3,10-11H2,1-2H3,(H,25,30)(H,27,31). The zero-order valence-corrected chi connectivity index (χ0v) is 21.0. The van der Waals surface area contributed by atoms with E-state index in [0.717, 1.165) is 0 Å². The van der Waals surface area contributed by atoms with Crippen molar-refractivity contribution >= 4 is 50.5 Å². The minimum Gasteiger partial charge on any atom is -0.471 e. The van der Waals surface area contributed by atoms with Gasteiger partial charge < -0.3 is 15.4 Å². The van der Waals surface area contributed by atoms with Crippen molar-refractivity contribution < 1.29 is 22.7 Å². The number of amides is 2. The molecule has 0 aliphatic carbocycles. The quantitative estimate of drug-likeness (QED) is 0.473. The second-order valence-electron chi connectivity index (χ2n) is 7.86. The molecule has 184 valence electrons. The molecule has 1 aliphatic heterocycles. The van der Waals surface area contributed by atoms with Crippen LogP contribution >= 0.6 is 23.2 Å². The van der Waals surface area contributed by atoms with Gasteiger partial charge in [0.05, 0.1) is 27.8 Å². The molecule has 1 aromatic carbocycles. The maximum absolute atomic E-state index is 13.4. The van der Waals surface area contributed by atoms with Gasteiger partial charge in [0.15, 0.2) is 15.7 Å². The number of sulfone groups is 1. The Morgan fingerprint density at radius 1 is 1.20 bits per heavy atom. The molecular formula is C22H21Cl2N5O5S. The highest BCUT2D eigenvalue weighted by Gasteiger charge is 2.36. The summed E-state index contributed by atoms with van der Waals surface area (Å²) in [4.78, 5) is 30.2. The Morgan fingerprint density at radius 2 is 1.94 bits per heavy atom. The van der Waals surface area contributed by atoms with Gasteiger partial charge in [0.1, 0.15) is 11.8 Å². The summed E-state index contributed by atoms with van der Waals surface area (Å²) < 4.78 is 29.8. The van der Waals surface area contributed by atoms with Crippen LogP contribution in [0.5, 0.6) is 5.88 Å². The summed E-state index contributed by atoms with van der Waals surface area (Å²) in [6, 6.07) is 7.67. The minimum absolute atomic E-state index is 0.0129. The van der Waals surface area contributed by atoms with Gasteiger partial charge in [-0.2, -0.15) is 0 Å². The largest absolute Gasteiger partial charge is 0.471 e. The van der Waals surface area contributed by atoms with E-state index in [1.165, 1.54) is 23.0 Å². The second-order valence-corrected chi connectivity index (χ2v) is 10.9. The molecule has 3 heterocycles. The van der Waals surface area contributed by atoms with Crippen molar-refractivity contribution in [1.82, 2.24) is 20.1 Å². The zero-order chi connectivity index (χ0) is 25.3. The molecule has 0 unspecified atom stereocenters. The number of carbonyl (C=O) groups is 2. The topological polar surface area (TPSA) is 132 Å². The Kier molecular flexibility index (Phi) is 7.02. The van der Waals surface area contributed by atoms with E-state index in [1.807, 2.05) is 0 Å². The predicted octanol–water partition coefficient (Wildman–Crippen LogP) is 3.06. The SMILES string of the molecule is CCNC(=O)c1cc(Cl)cc(C)c1NC(=O)c1cc(OC2CS(=O)(=O)C2)nn1-c1ncccc1Cl. The van der Waals surface area contributed by atoms with E-state index >= 15 is 0 Å². The van der Waals surface area contributed by atoms with Crippen molar-refractivity contribution in [2.24, 2.45) is 0 Å². The van der Waals surface area contributed by atoms with Gasteiger partial charge >= 0.3 is 0 Å². The van der Waals surface area contributed by atoms with E-state index in [-0.39, 0.29) is 45.2 Å². The Morgan fingerprint density at radius 3 is 2.60 bits per heavy atom. The molecule has 1 aliphatic rings. The van der Waals surface area contributed by atoms with Crippen LogP contribution in [0, 0.1) is 6.92 Å². The van der Waals surface area contributed by atoms with Crippen LogP contribution < -0.4 is 15.4 Å². The van der Waals surface area contributed by atoms with Crippen molar-refractivity contribution in [3.8, 4) is 11.7 Å². The molecule has 13 heteroatoms. The first kappa shape index (κ1) is 25.0. The summed E-state index contributed by atoms with van der Waals surface area (Å²) in [6.45, 7) is 3.88. The summed E-state index contributed by atoms with van der Waals surface area (Å²) in [6.07, 6.45) is 0.918. The van der Waals surface area contributed by atoms with E-state index in [0.29, 0.717) is 17.1 Å². The third kappa shape index (κ3) is 5.42. The van der Waals surface area contributed by atoms with Crippen LogP contribution in [0.2, 0.25) is 10.0 Å². The lowest BCUT2D eigenvalue weighted by Gasteiger charge is -2.25. The maximum atomic E-state index is 13.4. The van der Waals surface area contributed by atoms with Gasteiger partial charge in [-0.3, -0.25) is 9.59 Å². The second kappa shape index (κ2) is 9.84. The van der Waals surface area contributed by atoms with Crippen molar-refractivity contribution in [2.75, 3.05) is 23.4 Å². The van der Waals surface area contributed by atoms with E-state index in [9.17, 15) is 18.0 Å². The molecule has 2 amide bonds. The summed E-state index contributed by atoms with van der Waals surface area (Å²) in [5.41, 5.74) is 1.06. The van der Waals surface area contributed by atoms with Gasteiger partial charge in [-0.15, -0.1) is 5.10 Å². The van der Waals surface area contributed by atoms with E-state index in [1.54, 1.807) is 32.0 Å². The van der Waals surface area contributed by atoms with Crippen LogP contribution in [0.25, 0.3) is 5.82 Å². The molecule has 10 nitrogen and oxygen atoms in total. The van der Waals surface area contributed by atoms with Gasteiger partial charge in [-0.05, 0) is 43.7 Å². The molecule has 0 bridgehead atoms. The molecule has 35 heavy (non-hydrogen) atoms. The van der Waals surface area contributed by atoms with Gasteiger partial charge in [0, 0.05) is 23.8 Å². The maximum Gasteiger partial charge on any atom is 0.274 e. The molecule has 0 atom stereocenters. The summed E-state index contributed by atoms with van der Waals surface area (Å²) >= 11 is 12.4. The lowest BCUT2D eigenvalue weighted by Crippen LogP contribution is -2.45. The molecule has 1 saturated heterocycles. The number of aryl methyl sites for hydroxylation is 1. The lowest BCUT2D eigenvalue weighted by molar-refractivity contribution is 0.0956. The molecular weight excluding hydrogens is 517 g/mol. The number of ether oxygens (including phenoxy) is 1. The summed E-state index contributed by atoms with van der Waals surface area (Å²) in [5, 5.41) is 10.3. The van der Waals surface area contributed by atoms with E-state index in [4.69, 9.17) is 27.9 Å². The molecule has 4 rings (SSSR count). The van der Waals surface area contributed by atoms with E-state index in [2.05, 4.69) is 20.7 Å². The normalized spacial score (nSPS) is 14.7. The Bertz CT molecular complexity index is 1410. The van der Waals surface area contributed by atoms with Gasteiger partial charge in [0.2, 0.25) is 5.88 Å². The molecule has 2 aromatic heterocycles. The zero-order valence-electron chi connectivity index (χ0n) is 18.7. The fourth-order valence-corrected chi connectivity index (χ4v) is 5.20. The fraction of sp³-hybridized carbons (Fsp3) is 0.273. The van der Waals surface area contributed by atoms with Crippen molar-refractivity contribution in [1.29, 1.82) is 0 Å². The van der Waals surface area contributed by atoms with Gasteiger partial charge in [-0.1, -0.05) is 23.2 Å². The first-order valence-corrected chi connectivity index (χ1v) is 13.1. The Hall–Kier alpha value is -3.15. The van der Waals surface area contributed by atoms with Crippen molar-refractivity contribution in [3.05, 3.63) is 63.4 Å². The fourth-order valence-electron chi connectivity index (χ4n) is 3.55. The Labute approximate surface area is 211 Å². The van der Waals surface area contributed by atoms with Crippen molar-refractivity contribution in [3.63, 3.8) is 0 Å². The number of hydrogen-bond donors (Lipinski definition) is 2. The number of anilines is 1. The number of hydrogen-bond acceptors (Lipinski definition) is 7. The number of pyridine rings is 1. The lowest BCUT2D eigenvalue weighted by atomic mass is 10.1. The summed E-state index contributed by atoms with van der Waals surface area (Å²) in [5.74, 6) is -1.08. The van der Waals surface area contributed by atoms with Crippen LogP contribution in [0.3, 0.4) is 0 Å². The molecule has 0 radical (unpaired) electrons. The van der Waals surface area contributed by atoms with Gasteiger partial charge in [-0.25, -0.2) is 18.1 Å². The molecule has 0 saturated carbocycles. The van der Waals surface area contributed by atoms with Crippen LogP contribution in [0.15, 0.2) is 36.5 Å². The number of benzene rings is 1. The van der Waals surface area contributed by atoms with Crippen LogP contribution in [-0.2, 0) is 9.84 Å². The highest BCUT2D eigenvalue weighted by atomic mass is 35.5. The Balaban J connectivity index is 1.72. The van der Waals surface area contributed by atoms with Crippen LogP contribution in [0.1, 0.15) is 33.3 Å². The molecule has 0 spiro atoms. The van der Waals surface area contributed by atoms with Gasteiger partial charge in [0.25, 0.3) is 11.8 Å². The van der Waals surface area contributed by atoms with E-state index < -0.39 is 27.8 Å². The van der Waals surface area contributed by atoms with Crippen LogP contribution in [0.4, 0.5) is 5.69 Å². The third-order valence-corrected chi connectivity index (χ3v) is 7.42. The number of halogens is 2. The highest BCUT2D eigenvalue weighted by molar-refractivity contribution is 7.92. The minimum atomic E-state index is -3.12. The highest BCUT2D eigenvalue weighted by Crippen LogP contribution is 2.28. The number of nitrogens with one attached hydrogen (secondary N) is 2. The average Bonchev–Trinajstić information content (AvgIpc) is 3.18. The monoisotopic (exact) mass is 537 g/mol. The van der Waals surface area contributed by atoms with Crippen molar-refractivity contribution in [2.45, 2.75) is 20.0 Å². The molecule has 1 fully saturated rings. The number of nitrogens with zero attached hydrogens (tertiary/aromatic N) is 3. The number of rotatable bonds is 7. The number of aromatic nitrogens is 3. The average molecular weight is 538 g/mol. The molecule has 2 N–H and O–H groups in total. The third-order valence-electron chi connectivity index (χ3n) is 5.15. The summed E-state index contributed by atoms with van der Waals surface area (Å²) in [7, 11) is -3.12. The smallest absolute Gasteiger partial charge is 0.274 e. The molecule has 3 aromatic rings. The first-order chi connectivity index (χ1) is 16.6. The predicted molar refractivity (Wildman–Crippen MR) is 132 cm³/mol.